The summed E-state index contributed by atoms with van der Waals surface area (Å²) >= 11 is 0. The normalized spacial score (nSPS) is 12.9. The maximum absolute atomic E-state index is 11.4. The fraction of sp³-hybridized carbons (Fsp3) is 0.500. The molecule has 116 valence electrons. The lowest BCUT2D eigenvalue weighted by Gasteiger charge is -2.14. The fourth-order valence-corrected chi connectivity index (χ4v) is 2.03. The van der Waals surface area contributed by atoms with Gasteiger partial charge in [0.1, 0.15) is 5.75 Å². The van der Waals surface area contributed by atoms with Gasteiger partial charge in [0.2, 0.25) is 0 Å². The number of benzene rings is 1. The molecule has 1 unspecified atom stereocenters. The van der Waals surface area contributed by atoms with Crippen molar-refractivity contribution in [3.8, 4) is 5.75 Å². The topological polar surface area (TPSA) is 35.5 Å². The third-order valence-corrected chi connectivity index (χ3v) is 3.42. The smallest absolute Gasteiger partial charge is 0.309 e. The summed E-state index contributed by atoms with van der Waals surface area (Å²) in [5.74, 6) is 0.704. The van der Waals surface area contributed by atoms with E-state index in [9.17, 15) is 4.79 Å². The Bertz CT molecular complexity index is 503. The predicted molar refractivity (Wildman–Crippen MR) is 86.5 cm³/mol. The molecule has 0 amide bonds. The zero-order valence-electron chi connectivity index (χ0n) is 13.7. The van der Waals surface area contributed by atoms with Crippen LogP contribution in [0.4, 0.5) is 0 Å². The molecule has 0 aliphatic carbocycles. The number of rotatable bonds is 7. The molecule has 0 radical (unpaired) electrons. The van der Waals surface area contributed by atoms with E-state index in [1.807, 2.05) is 38.1 Å². The van der Waals surface area contributed by atoms with Gasteiger partial charge in [0.15, 0.2) is 0 Å². The maximum Gasteiger partial charge on any atom is 0.309 e. The first-order valence-corrected chi connectivity index (χ1v) is 7.58. The van der Waals surface area contributed by atoms with Crippen molar-refractivity contribution in [3.05, 3.63) is 35.4 Å². The Kier molecular flexibility index (Phi) is 7.00. The standard InChI is InChI=1S/C18H26O3/c1-6-15(5)21-16-9-10-17(14(4)12-16)13(3)8-11-18(19)20-7-2/h8-10,12,15H,6-7,11H2,1-5H3/b13-8-. The van der Waals surface area contributed by atoms with Gasteiger partial charge in [-0.15, -0.1) is 0 Å². The van der Waals surface area contributed by atoms with E-state index in [0.29, 0.717) is 13.0 Å². The van der Waals surface area contributed by atoms with Gasteiger partial charge in [-0.05, 0) is 62.9 Å². The van der Waals surface area contributed by atoms with Crippen LogP contribution < -0.4 is 4.74 Å². The molecule has 0 N–H and O–H groups in total. The summed E-state index contributed by atoms with van der Waals surface area (Å²) in [5.41, 5.74) is 3.36. The number of esters is 1. The van der Waals surface area contributed by atoms with Gasteiger partial charge in [-0.1, -0.05) is 19.1 Å². The second-order valence-corrected chi connectivity index (χ2v) is 5.21. The van der Waals surface area contributed by atoms with E-state index in [4.69, 9.17) is 9.47 Å². The molecule has 0 spiro atoms. The summed E-state index contributed by atoms with van der Waals surface area (Å²) in [4.78, 5) is 11.4. The fourth-order valence-electron chi connectivity index (χ4n) is 2.03. The van der Waals surface area contributed by atoms with Gasteiger partial charge >= 0.3 is 5.97 Å². The van der Waals surface area contributed by atoms with Crippen molar-refractivity contribution in [2.24, 2.45) is 0 Å². The van der Waals surface area contributed by atoms with Crippen LogP contribution in [0.3, 0.4) is 0 Å². The van der Waals surface area contributed by atoms with Crippen LogP contribution in [0, 0.1) is 6.92 Å². The van der Waals surface area contributed by atoms with Gasteiger partial charge < -0.3 is 9.47 Å². The number of hydrogen-bond donors (Lipinski definition) is 0. The molecule has 0 saturated heterocycles. The van der Waals surface area contributed by atoms with E-state index in [-0.39, 0.29) is 12.1 Å². The van der Waals surface area contributed by atoms with Crippen molar-refractivity contribution in [2.45, 2.75) is 53.6 Å². The number of allylic oxidation sites excluding steroid dienone is 1. The van der Waals surface area contributed by atoms with Crippen LogP contribution in [0.25, 0.3) is 5.57 Å². The molecule has 0 bridgehead atoms. The summed E-state index contributed by atoms with van der Waals surface area (Å²) in [6.45, 7) is 10.5. The van der Waals surface area contributed by atoms with Crippen LogP contribution in [-0.4, -0.2) is 18.7 Å². The molecule has 0 heterocycles. The monoisotopic (exact) mass is 290 g/mol. The van der Waals surface area contributed by atoms with Gasteiger partial charge in [-0.25, -0.2) is 0 Å². The molecule has 1 aromatic carbocycles. The lowest BCUT2D eigenvalue weighted by atomic mass is 10.0. The van der Waals surface area contributed by atoms with E-state index in [0.717, 1.165) is 28.9 Å². The first-order valence-electron chi connectivity index (χ1n) is 7.58. The maximum atomic E-state index is 11.4. The van der Waals surface area contributed by atoms with Crippen molar-refractivity contribution >= 4 is 11.5 Å². The first-order chi connectivity index (χ1) is 9.97. The molecule has 3 nitrogen and oxygen atoms in total. The number of carbonyl (C=O) groups is 1. The van der Waals surface area contributed by atoms with E-state index in [1.54, 1.807) is 0 Å². The number of aryl methyl sites for hydroxylation is 1. The minimum Gasteiger partial charge on any atom is -0.491 e. The molecular formula is C18H26O3. The van der Waals surface area contributed by atoms with Crippen molar-refractivity contribution in [2.75, 3.05) is 6.61 Å². The highest BCUT2D eigenvalue weighted by Crippen LogP contribution is 2.24. The van der Waals surface area contributed by atoms with Crippen LogP contribution in [0.1, 0.15) is 51.7 Å². The van der Waals surface area contributed by atoms with Crippen molar-refractivity contribution < 1.29 is 14.3 Å². The Morgan fingerprint density at radius 3 is 2.62 bits per heavy atom. The molecule has 0 aliphatic rings. The van der Waals surface area contributed by atoms with Gasteiger partial charge in [0.05, 0.1) is 19.1 Å². The second kappa shape index (κ2) is 8.50. The summed E-state index contributed by atoms with van der Waals surface area (Å²) in [6, 6.07) is 6.07. The number of carbonyl (C=O) groups excluding carboxylic acids is 1. The van der Waals surface area contributed by atoms with Crippen LogP contribution in [-0.2, 0) is 9.53 Å². The molecule has 1 aromatic rings. The summed E-state index contributed by atoms with van der Waals surface area (Å²) in [7, 11) is 0. The van der Waals surface area contributed by atoms with E-state index >= 15 is 0 Å². The Labute approximate surface area is 128 Å². The van der Waals surface area contributed by atoms with Gasteiger partial charge in [-0.3, -0.25) is 4.79 Å². The van der Waals surface area contributed by atoms with Crippen molar-refractivity contribution in [1.29, 1.82) is 0 Å². The minimum absolute atomic E-state index is 0.189. The number of ether oxygens (including phenoxy) is 2. The highest BCUT2D eigenvalue weighted by molar-refractivity contribution is 5.76. The van der Waals surface area contributed by atoms with Crippen LogP contribution in [0.5, 0.6) is 5.75 Å². The second-order valence-electron chi connectivity index (χ2n) is 5.21. The lowest BCUT2D eigenvalue weighted by molar-refractivity contribution is -0.142. The van der Waals surface area contributed by atoms with E-state index in [2.05, 4.69) is 20.8 Å². The van der Waals surface area contributed by atoms with Crippen molar-refractivity contribution in [3.63, 3.8) is 0 Å². The molecule has 0 saturated carbocycles. The van der Waals surface area contributed by atoms with Crippen LogP contribution in [0.15, 0.2) is 24.3 Å². The predicted octanol–water partition coefficient (Wildman–Crippen LogP) is 4.53. The molecule has 0 aliphatic heterocycles. The van der Waals surface area contributed by atoms with E-state index < -0.39 is 0 Å². The third-order valence-electron chi connectivity index (χ3n) is 3.42. The molecule has 21 heavy (non-hydrogen) atoms. The molecule has 1 atom stereocenters. The Morgan fingerprint density at radius 2 is 2.05 bits per heavy atom. The minimum atomic E-state index is -0.189. The summed E-state index contributed by atoms with van der Waals surface area (Å²) in [6.07, 6.45) is 3.43. The molecule has 3 heteroatoms. The van der Waals surface area contributed by atoms with Crippen LogP contribution in [0.2, 0.25) is 0 Å². The molecule has 1 rings (SSSR count). The molecular weight excluding hydrogens is 264 g/mol. The van der Waals surface area contributed by atoms with E-state index in [1.165, 1.54) is 0 Å². The summed E-state index contributed by atoms with van der Waals surface area (Å²) in [5, 5.41) is 0. The third kappa shape index (κ3) is 5.62. The van der Waals surface area contributed by atoms with Crippen molar-refractivity contribution in [1.82, 2.24) is 0 Å². The SMILES string of the molecule is CCOC(=O)C/C=C(/C)c1ccc(OC(C)CC)cc1C. The quantitative estimate of drug-likeness (QED) is 0.692. The number of hydrogen-bond acceptors (Lipinski definition) is 3. The molecule has 0 aromatic heterocycles. The summed E-state index contributed by atoms with van der Waals surface area (Å²) < 4.78 is 10.7. The largest absolute Gasteiger partial charge is 0.491 e. The Balaban J connectivity index is 2.79. The van der Waals surface area contributed by atoms with Gasteiger partial charge in [-0.2, -0.15) is 0 Å². The van der Waals surface area contributed by atoms with Gasteiger partial charge in [0, 0.05) is 0 Å². The Hall–Kier alpha value is -1.77. The first kappa shape index (κ1) is 17.3. The lowest BCUT2D eigenvalue weighted by Crippen LogP contribution is -2.09. The average Bonchev–Trinajstić information content (AvgIpc) is 2.45. The zero-order chi connectivity index (χ0) is 15.8. The highest BCUT2D eigenvalue weighted by atomic mass is 16.5. The zero-order valence-corrected chi connectivity index (χ0v) is 13.7. The molecule has 0 fully saturated rings. The highest BCUT2D eigenvalue weighted by Gasteiger charge is 2.06. The Morgan fingerprint density at radius 1 is 1.33 bits per heavy atom. The van der Waals surface area contributed by atoms with Gasteiger partial charge in [0.25, 0.3) is 0 Å². The van der Waals surface area contributed by atoms with Crippen LogP contribution >= 0.6 is 0 Å². The average molecular weight is 290 g/mol.